The Morgan fingerprint density at radius 3 is 2.75 bits per heavy atom. The van der Waals surface area contributed by atoms with E-state index >= 15 is 0 Å². The van der Waals surface area contributed by atoms with E-state index in [-0.39, 0.29) is 5.60 Å². The smallest absolute Gasteiger partial charge is 0.0697 e. The van der Waals surface area contributed by atoms with E-state index in [0.717, 1.165) is 13.0 Å². The van der Waals surface area contributed by atoms with E-state index in [4.69, 9.17) is 4.74 Å². The molecular formula is C18H27NO. The zero-order chi connectivity index (χ0) is 14.0. The van der Waals surface area contributed by atoms with Crippen molar-refractivity contribution in [3.05, 3.63) is 35.4 Å². The summed E-state index contributed by atoms with van der Waals surface area (Å²) < 4.78 is 6.13. The van der Waals surface area contributed by atoms with Gasteiger partial charge in [0, 0.05) is 18.7 Å². The van der Waals surface area contributed by atoms with E-state index in [1.807, 2.05) is 0 Å². The highest BCUT2D eigenvalue weighted by Crippen LogP contribution is 2.40. The molecule has 0 bridgehead atoms. The summed E-state index contributed by atoms with van der Waals surface area (Å²) in [6, 6.07) is 9.75. The number of rotatable bonds is 3. The van der Waals surface area contributed by atoms with Gasteiger partial charge >= 0.3 is 0 Å². The van der Waals surface area contributed by atoms with Crippen LogP contribution in [-0.4, -0.2) is 18.2 Å². The Balaban J connectivity index is 1.64. The highest BCUT2D eigenvalue weighted by Gasteiger charge is 2.40. The maximum absolute atomic E-state index is 6.13. The molecular weight excluding hydrogens is 246 g/mol. The summed E-state index contributed by atoms with van der Waals surface area (Å²) in [5.74, 6) is 0. The summed E-state index contributed by atoms with van der Waals surface area (Å²) in [4.78, 5) is 0. The van der Waals surface area contributed by atoms with Crippen LogP contribution in [0.5, 0.6) is 0 Å². The van der Waals surface area contributed by atoms with Crippen LogP contribution in [0.4, 0.5) is 0 Å². The van der Waals surface area contributed by atoms with Crippen LogP contribution >= 0.6 is 0 Å². The Bertz CT molecular complexity index is 450. The minimum Gasteiger partial charge on any atom is -0.375 e. The Morgan fingerprint density at radius 2 is 2.00 bits per heavy atom. The number of benzene rings is 1. The van der Waals surface area contributed by atoms with Crippen molar-refractivity contribution in [2.45, 2.75) is 70.1 Å². The molecule has 2 aliphatic rings. The minimum absolute atomic E-state index is 0.210. The molecule has 0 aromatic heterocycles. The summed E-state index contributed by atoms with van der Waals surface area (Å²) in [7, 11) is 0. The number of aryl methyl sites for hydroxylation is 1. The lowest BCUT2D eigenvalue weighted by Crippen LogP contribution is -2.46. The highest BCUT2D eigenvalue weighted by atomic mass is 16.5. The fourth-order valence-corrected chi connectivity index (χ4v) is 4.05. The molecule has 3 rings (SSSR count). The molecule has 2 nitrogen and oxygen atoms in total. The fourth-order valence-electron chi connectivity index (χ4n) is 4.05. The van der Waals surface area contributed by atoms with Gasteiger partial charge in [0.25, 0.3) is 0 Å². The minimum atomic E-state index is 0.210. The molecule has 1 N–H and O–H groups in total. The standard InChI is InChI=1S/C18H27NO/c1-14-7-3-4-8-17(14)15(2)19-16-9-12-20-18(13-16)10-5-6-11-18/h3-4,7-8,15-16,19H,5-6,9-13H2,1-2H3/t15-,16?/m1/s1. The second-order valence-corrected chi connectivity index (χ2v) is 6.67. The predicted molar refractivity (Wildman–Crippen MR) is 82.9 cm³/mol. The van der Waals surface area contributed by atoms with Crippen molar-refractivity contribution in [1.29, 1.82) is 0 Å². The molecule has 20 heavy (non-hydrogen) atoms. The first kappa shape index (κ1) is 14.1. The lowest BCUT2D eigenvalue weighted by atomic mass is 9.88. The molecule has 2 heteroatoms. The summed E-state index contributed by atoms with van der Waals surface area (Å²) in [5.41, 5.74) is 3.02. The normalized spacial score (nSPS) is 26.8. The molecule has 1 unspecified atom stereocenters. The SMILES string of the molecule is Cc1ccccc1[C@@H](C)NC1CCOC2(CCCC2)C1. The van der Waals surface area contributed by atoms with Crippen molar-refractivity contribution in [2.24, 2.45) is 0 Å². The Kier molecular flexibility index (Phi) is 4.13. The summed E-state index contributed by atoms with van der Waals surface area (Å²) in [6.07, 6.45) is 7.58. The van der Waals surface area contributed by atoms with Crippen LogP contribution < -0.4 is 5.32 Å². The summed E-state index contributed by atoms with van der Waals surface area (Å²) in [6.45, 7) is 5.42. The third-order valence-corrected chi connectivity index (χ3v) is 5.15. The molecule has 1 aliphatic carbocycles. The second kappa shape index (κ2) is 5.87. The van der Waals surface area contributed by atoms with Gasteiger partial charge in [-0.1, -0.05) is 37.1 Å². The molecule has 1 spiro atoms. The molecule has 110 valence electrons. The zero-order valence-corrected chi connectivity index (χ0v) is 12.8. The van der Waals surface area contributed by atoms with E-state index in [0.29, 0.717) is 12.1 Å². The van der Waals surface area contributed by atoms with Gasteiger partial charge in [0.15, 0.2) is 0 Å². The number of hydrogen-bond donors (Lipinski definition) is 1. The van der Waals surface area contributed by atoms with E-state index in [9.17, 15) is 0 Å². The summed E-state index contributed by atoms with van der Waals surface area (Å²) >= 11 is 0. The maximum atomic E-state index is 6.13. The van der Waals surface area contributed by atoms with Gasteiger partial charge in [-0.15, -0.1) is 0 Å². The predicted octanol–water partition coefficient (Wildman–Crippen LogP) is 4.14. The monoisotopic (exact) mass is 273 g/mol. The van der Waals surface area contributed by atoms with Crippen molar-refractivity contribution >= 4 is 0 Å². The lowest BCUT2D eigenvalue weighted by molar-refractivity contribution is -0.0846. The van der Waals surface area contributed by atoms with Crippen molar-refractivity contribution in [1.82, 2.24) is 5.32 Å². The number of nitrogens with one attached hydrogen (secondary N) is 1. The second-order valence-electron chi connectivity index (χ2n) is 6.67. The first-order valence-electron chi connectivity index (χ1n) is 8.14. The molecule has 2 fully saturated rings. The first-order valence-corrected chi connectivity index (χ1v) is 8.14. The quantitative estimate of drug-likeness (QED) is 0.893. The molecule has 2 atom stereocenters. The van der Waals surface area contributed by atoms with Gasteiger partial charge < -0.3 is 10.1 Å². The van der Waals surface area contributed by atoms with Gasteiger partial charge in [0.05, 0.1) is 5.60 Å². The van der Waals surface area contributed by atoms with Crippen LogP contribution in [0.3, 0.4) is 0 Å². The largest absolute Gasteiger partial charge is 0.375 e. The van der Waals surface area contributed by atoms with Crippen LogP contribution in [0.1, 0.15) is 62.6 Å². The highest BCUT2D eigenvalue weighted by molar-refractivity contribution is 5.28. The Morgan fingerprint density at radius 1 is 1.25 bits per heavy atom. The van der Waals surface area contributed by atoms with Gasteiger partial charge in [0.2, 0.25) is 0 Å². The van der Waals surface area contributed by atoms with Gasteiger partial charge in [-0.2, -0.15) is 0 Å². The average Bonchev–Trinajstić information content (AvgIpc) is 2.87. The number of ether oxygens (including phenoxy) is 1. The van der Waals surface area contributed by atoms with Crippen LogP contribution in [0.25, 0.3) is 0 Å². The molecule has 1 saturated heterocycles. The lowest BCUT2D eigenvalue weighted by Gasteiger charge is -2.39. The van der Waals surface area contributed by atoms with Crippen LogP contribution in [0.2, 0.25) is 0 Å². The topological polar surface area (TPSA) is 21.3 Å². The van der Waals surface area contributed by atoms with E-state index in [1.165, 1.54) is 43.2 Å². The van der Waals surface area contributed by atoms with Gasteiger partial charge in [0.1, 0.15) is 0 Å². The first-order chi connectivity index (χ1) is 9.69. The van der Waals surface area contributed by atoms with Crippen LogP contribution in [0, 0.1) is 6.92 Å². The molecule has 1 aromatic rings. The van der Waals surface area contributed by atoms with E-state index in [1.54, 1.807) is 0 Å². The fraction of sp³-hybridized carbons (Fsp3) is 0.667. The molecule has 1 saturated carbocycles. The zero-order valence-electron chi connectivity index (χ0n) is 12.8. The average molecular weight is 273 g/mol. The maximum Gasteiger partial charge on any atom is 0.0697 e. The third-order valence-electron chi connectivity index (χ3n) is 5.15. The van der Waals surface area contributed by atoms with Gasteiger partial charge in [-0.25, -0.2) is 0 Å². The van der Waals surface area contributed by atoms with Gasteiger partial charge in [-0.3, -0.25) is 0 Å². The Hall–Kier alpha value is -0.860. The summed E-state index contributed by atoms with van der Waals surface area (Å²) in [5, 5.41) is 3.85. The molecule has 0 radical (unpaired) electrons. The molecule has 1 aromatic carbocycles. The Labute approximate surface area is 122 Å². The molecule has 1 heterocycles. The third kappa shape index (κ3) is 2.91. The van der Waals surface area contributed by atoms with Crippen molar-refractivity contribution in [3.63, 3.8) is 0 Å². The van der Waals surface area contributed by atoms with Gasteiger partial charge in [-0.05, 0) is 50.7 Å². The molecule has 1 aliphatic heterocycles. The van der Waals surface area contributed by atoms with Crippen molar-refractivity contribution in [2.75, 3.05) is 6.61 Å². The van der Waals surface area contributed by atoms with E-state index < -0.39 is 0 Å². The van der Waals surface area contributed by atoms with E-state index in [2.05, 4.69) is 43.4 Å². The number of hydrogen-bond acceptors (Lipinski definition) is 2. The van der Waals surface area contributed by atoms with Crippen LogP contribution in [0.15, 0.2) is 24.3 Å². The van der Waals surface area contributed by atoms with Crippen molar-refractivity contribution < 1.29 is 4.74 Å². The molecule has 0 amide bonds. The van der Waals surface area contributed by atoms with Crippen molar-refractivity contribution in [3.8, 4) is 0 Å². The van der Waals surface area contributed by atoms with Crippen LogP contribution in [-0.2, 0) is 4.74 Å².